The molecule has 0 fully saturated rings. The lowest BCUT2D eigenvalue weighted by atomic mass is 10.1. The van der Waals surface area contributed by atoms with E-state index >= 15 is 0 Å². The van der Waals surface area contributed by atoms with Gasteiger partial charge in [0.15, 0.2) is 11.7 Å². The molecule has 8 nitrogen and oxygen atoms in total. The lowest BCUT2D eigenvalue weighted by Crippen LogP contribution is -2.38. The van der Waals surface area contributed by atoms with Crippen molar-refractivity contribution in [2.24, 2.45) is 0 Å². The Morgan fingerprint density at radius 3 is 2.56 bits per heavy atom. The number of ether oxygens (including phenoxy) is 3. The molecule has 1 aliphatic rings. The molecule has 0 spiro atoms. The lowest BCUT2D eigenvalue weighted by molar-refractivity contribution is -0.121. The second-order valence-corrected chi connectivity index (χ2v) is 8.29. The third kappa shape index (κ3) is 4.11. The van der Waals surface area contributed by atoms with E-state index in [-0.39, 0.29) is 18.4 Å². The summed E-state index contributed by atoms with van der Waals surface area (Å²) in [4.78, 5) is 32.2. The highest BCUT2D eigenvalue weighted by molar-refractivity contribution is 7.16. The van der Waals surface area contributed by atoms with E-state index in [4.69, 9.17) is 14.2 Å². The molecule has 9 heteroatoms. The van der Waals surface area contributed by atoms with Crippen molar-refractivity contribution >= 4 is 34.0 Å². The highest BCUT2D eigenvalue weighted by Gasteiger charge is 2.25. The Morgan fingerprint density at radius 1 is 1.19 bits per heavy atom. The maximum absolute atomic E-state index is 12.8. The van der Waals surface area contributed by atoms with E-state index in [1.54, 1.807) is 23.1 Å². The monoisotopic (exact) mass is 453 g/mol. The van der Waals surface area contributed by atoms with Gasteiger partial charge in [0.25, 0.3) is 11.8 Å². The molecule has 3 aromatic rings. The number of methoxy groups -OCH3 is 2. The molecule has 0 aliphatic carbocycles. The normalized spacial score (nSPS) is 12.8. The fraction of sp³-hybridized carbons (Fsp3) is 0.261. The molecule has 4 rings (SSSR count). The number of carbonyl (C=O) groups is 2. The fourth-order valence-electron chi connectivity index (χ4n) is 3.52. The van der Waals surface area contributed by atoms with Crippen molar-refractivity contribution in [2.75, 3.05) is 37.6 Å². The highest BCUT2D eigenvalue weighted by atomic mass is 32.1. The van der Waals surface area contributed by atoms with Crippen molar-refractivity contribution in [1.29, 1.82) is 0 Å². The molecule has 32 heavy (non-hydrogen) atoms. The number of hydrogen-bond donors (Lipinski definition) is 1. The second kappa shape index (κ2) is 8.88. The zero-order valence-electron chi connectivity index (χ0n) is 18.2. The van der Waals surface area contributed by atoms with Crippen LogP contribution in [0.2, 0.25) is 0 Å². The molecule has 1 aliphatic heterocycles. The third-order valence-electron chi connectivity index (χ3n) is 5.12. The quantitative estimate of drug-likeness (QED) is 0.604. The number of aryl methyl sites for hydroxylation is 1. The fourth-order valence-corrected chi connectivity index (χ4v) is 4.35. The van der Waals surface area contributed by atoms with E-state index in [1.165, 1.54) is 25.6 Å². The van der Waals surface area contributed by atoms with Crippen LogP contribution in [0.3, 0.4) is 0 Å². The minimum Gasteiger partial charge on any atom is -0.497 e. The van der Waals surface area contributed by atoms with Crippen LogP contribution in [0.4, 0.5) is 10.8 Å². The number of nitrogens with one attached hydrogen (secondary N) is 1. The first-order valence-corrected chi connectivity index (χ1v) is 10.8. The summed E-state index contributed by atoms with van der Waals surface area (Å²) in [5, 5.41) is 3.32. The van der Waals surface area contributed by atoms with Crippen molar-refractivity contribution in [1.82, 2.24) is 4.98 Å². The SMILES string of the molecule is CCN1C(=O)COc2ccc(-c3nc(NC(=O)c4cc(OC)cc(OC)c4)sc3C)cc21. The number of carbonyl (C=O) groups excluding carboxylic acids is 2. The molecular formula is C23H23N3O5S. The number of benzene rings is 2. The van der Waals surface area contributed by atoms with Gasteiger partial charge in [0.1, 0.15) is 17.2 Å². The first kappa shape index (κ1) is 21.6. The van der Waals surface area contributed by atoms with E-state index in [2.05, 4.69) is 10.3 Å². The number of thiazole rings is 1. The topological polar surface area (TPSA) is 90.0 Å². The van der Waals surface area contributed by atoms with E-state index in [0.29, 0.717) is 34.5 Å². The number of amides is 2. The Kier molecular flexibility index (Phi) is 6.00. The highest BCUT2D eigenvalue weighted by Crippen LogP contribution is 2.38. The molecule has 1 N–H and O–H groups in total. The lowest BCUT2D eigenvalue weighted by Gasteiger charge is -2.28. The van der Waals surface area contributed by atoms with Crippen LogP contribution in [0.5, 0.6) is 17.2 Å². The summed E-state index contributed by atoms with van der Waals surface area (Å²) in [7, 11) is 3.06. The van der Waals surface area contributed by atoms with Gasteiger partial charge in [0.05, 0.1) is 25.6 Å². The van der Waals surface area contributed by atoms with Gasteiger partial charge in [-0.15, -0.1) is 11.3 Å². The molecule has 166 valence electrons. The predicted octanol–water partition coefficient (Wildman–Crippen LogP) is 4.13. The summed E-state index contributed by atoms with van der Waals surface area (Å²) in [6.45, 7) is 4.46. The molecule has 0 saturated carbocycles. The van der Waals surface area contributed by atoms with Crippen molar-refractivity contribution < 1.29 is 23.8 Å². The molecule has 1 aromatic heterocycles. The molecular weight excluding hydrogens is 430 g/mol. The number of fused-ring (bicyclic) bond motifs is 1. The van der Waals surface area contributed by atoms with Crippen LogP contribution in [-0.4, -0.2) is 44.2 Å². The summed E-state index contributed by atoms with van der Waals surface area (Å²) >= 11 is 1.38. The van der Waals surface area contributed by atoms with Crippen molar-refractivity contribution in [3.8, 4) is 28.5 Å². The molecule has 0 radical (unpaired) electrons. The molecule has 0 atom stereocenters. The Labute approximate surface area is 189 Å². The largest absolute Gasteiger partial charge is 0.497 e. The Hall–Kier alpha value is -3.59. The first-order valence-electron chi connectivity index (χ1n) is 10.0. The van der Waals surface area contributed by atoms with Crippen molar-refractivity contribution in [3.63, 3.8) is 0 Å². The number of aromatic nitrogens is 1. The number of nitrogens with zero attached hydrogens (tertiary/aromatic N) is 2. The van der Waals surface area contributed by atoms with Crippen LogP contribution in [0.25, 0.3) is 11.3 Å². The van der Waals surface area contributed by atoms with Gasteiger partial charge in [-0.3, -0.25) is 14.9 Å². The van der Waals surface area contributed by atoms with Crippen molar-refractivity contribution in [2.45, 2.75) is 13.8 Å². The zero-order valence-corrected chi connectivity index (χ0v) is 19.0. The third-order valence-corrected chi connectivity index (χ3v) is 6.01. The first-order chi connectivity index (χ1) is 15.4. The van der Waals surface area contributed by atoms with E-state index < -0.39 is 0 Å². The van der Waals surface area contributed by atoms with Crippen LogP contribution in [0.1, 0.15) is 22.2 Å². The van der Waals surface area contributed by atoms with E-state index in [1.807, 2.05) is 32.0 Å². The molecule has 0 unspecified atom stereocenters. The Bertz CT molecular complexity index is 1170. The van der Waals surface area contributed by atoms with Gasteiger partial charge in [-0.1, -0.05) is 0 Å². The van der Waals surface area contributed by atoms with Gasteiger partial charge in [0.2, 0.25) is 0 Å². The maximum atomic E-state index is 12.8. The summed E-state index contributed by atoms with van der Waals surface area (Å²) in [6, 6.07) is 10.6. The average molecular weight is 454 g/mol. The predicted molar refractivity (Wildman–Crippen MR) is 123 cm³/mol. The van der Waals surface area contributed by atoms with Gasteiger partial charge < -0.3 is 19.1 Å². The van der Waals surface area contributed by atoms with Crippen LogP contribution in [-0.2, 0) is 4.79 Å². The number of anilines is 2. The second-order valence-electron chi connectivity index (χ2n) is 7.09. The maximum Gasteiger partial charge on any atom is 0.265 e. The molecule has 0 bridgehead atoms. The van der Waals surface area contributed by atoms with E-state index in [9.17, 15) is 9.59 Å². The van der Waals surface area contributed by atoms with Gasteiger partial charge in [-0.05, 0) is 44.2 Å². The molecule has 2 aromatic carbocycles. The summed E-state index contributed by atoms with van der Waals surface area (Å²) in [6.07, 6.45) is 0. The average Bonchev–Trinajstić information content (AvgIpc) is 3.17. The Balaban J connectivity index is 1.61. The van der Waals surface area contributed by atoms with Gasteiger partial charge in [0, 0.05) is 28.6 Å². The number of rotatable bonds is 6. The van der Waals surface area contributed by atoms with Gasteiger partial charge in [-0.25, -0.2) is 4.98 Å². The van der Waals surface area contributed by atoms with Gasteiger partial charge in [-0.2, -0.15) is 0 Å². The minimum absolute atomic E-state index is 0.0428. The van der Waals surface area contributed by atoms with Crippen molar-refractivity contribution in [3.05, 3.63) is 46.8 Å². The Morgan fingerprint density at radius 2 is 1.91 bits per heavy atom. The summed E-state index contributed by atoms with van der Waals surface area (Å²) in [5.41, 5.74) is 2.71. The van der Waals surface area contributed by atoms with Crippen LogP contribution < -0.4 is 24.4 Å². The smallest absolute Gasteiger partial charge is 0.265 e. The van der Waals surface area contributed by atoms with E-state index in [0.717, 1.165) is 21.8 Å². The van der Waals surface area contributed by atoms with Crippen LogP contribution >= 0.6 is 11.3 Å². The van der Waals surface area contributed by atoms with Gasteiger partial charge >= 0.3 is 0 Å². The number of hydrogen-bond acceptors (Lipinski definition) is 7. The molecule has 2 amide bonds. The van der Waals surface area contributed by atoms with Crippen LogP contribution in [0, 0.1) is 6.92 Å². The minimum atomic E-state index is -0.316. The zero-order chi connectivity index (χ0) is 22.8. The summed E-state index contributed by atoms with van der Waals surface area (Å²) in [5.74, 6) is 1.33. The standard InChI is InChI=1S/C23H23N3O5S/c1-5-26-18-10-14(6-7-19(18)31-12-20(26)27)21-13(2)32-23(24-21)25-22(28)15-8-16(29-3)11-17(9-15)30-4/h6-11H,5,12H2,1-4H3,(H,24,25,28). The number of likely N-dealkylation sites (N-methyl/N-ethyl adjacent to an activating group) is 1. The van der Waals surface area contributed by atoms with Crippen LogP contribution in [0.15, 0.2) is 36.4 Å². The summed E-state index contributed by atoms with van der Waals surface area (Å²) < 4.78 is 16.0. The molecule has 2 heterocycles. The molecule has 0 saturated heterocycles.